The Morgan fingerprint density at radius 2 is 1.54 bits per heavy atom. The van der Waals surface area contributed by atoms with Crippen molar-refractivity contribution in [1.29, 1.82) is 0 Å². The molecular formula is C27H28Cl2N2O8. The number of pyridine rings is 1. The molecule has 208 valence electrons. The molecule has 0 bridgehead atoms. The molecule has 0 unspecified atom stereocenters. The van der Waals surface area contributed by atoms with Crippen molar-refractivity contribution in [2.24, 2.45) is 0 Å². The van der Waals surface area contributed by atoms with E-state index in [9.17, 15) is 19.2 Å². The van der Waals surface area contributed by atoms with Crippen LogP contribution in [0.15, 0.2) is 41.7 Å². The average molecular weight is 579 g/mol. The maximum atomic E-state index is 14.1. The normalized spacial score (nSPS) is 13.1. The Morgan fingerprint density at radius 1 is 0.846 bits per heavy atom. The van der Waals surface area contributed by atoms with Gasteiger partial charge in [-0.25, -0.2) is 14.4 Å². The Bertz CT molecular complexity index is 1290. The predicted molar refractivity (Wildman–Crippen MR) is 143 cm³/mol. The van der Waals surface area contributed by atoms with Crippen molar-refractivity contribution in [3.8, 4) is 0 Å². The van der Waals surface area contributed by atoms with Gasteiger partial charge in [-0.15, -0.1) is 0 Å². The van der Waals surface area contributed by atoms with Crippen molar-refractivity contribution in [3.63, 3.8) is 0 Å². The van der Waals surface area contributed by atoms with Gasteiger partial charge < -0.3 is 23.8 Å². The number of amides is 1. The maximum absolute atomic E-state index is 14.1. The number of hydrogen-bond acceptors (Lipinski definition) is 9. The fraction of sp³-hybridized carbons (Fsp3) is 0.370. The first kappa shape index (κ1) is 30.1. The molecule has 1 aliphatic carbocycles. The summed E-state index contributed by atoms with van der Waals surface area (Å²) in [5.74, 6) is -2.44. The lowest BCUT2D eigenvalue weighted by Crippen LogP contribution is -2.34. The van der Waals surface area contributed by atoms with Crippen molar-refractivity contribution < 1.29 is 38.1 Å². The molecular weight excluding hydrogens is 551 g/mol. The van der Waals surface area contributed by atoms with Gasteiger partial charge in [0, 0.05) is 30.6 Å². The number of anilines is 1. The molecule has 3 rings (SSSR count). The summed E-state index contributed by atoms with van der Waals surface area (Å²) in [6.45, 7) is 0.157. The third-order valence-electron chi connectivity index (χ3n) is 6.03. The first-order chi connectivity index (χ1) is 18.7. The molecule has 2 aromatic rings. The summed E-state index contributed by atoms with van der Waals surface area (Å²) in [7, 11) is 3.94. The number of benzene rings is 1. The van der Waals surface area contributed by atoms with Crippen LogP contribution in [0.4, 0.5) is 5.69 Å². The van der Waals surface area contributed by atoms with Crippen molar-refractivity contribution in [3.05, 3.63) is 68.5 Å². The van der Waals surface area contributed by atoms with Crippen LogP contribution < -0.4 is 4.90 Å². The van der Waals surface area contributed by atoms with Gasteiger partial charge in [-0.2, -0.15) is 0 Å². The molecule has 0 fully saturated rings. The minimum atomic E-state index is -0.723. The summed E-state index contributed by atoms with van der Waals surface area (Å²) < 4.78 is 19.9. The highest BCUT2D eigenvalue weighted by Gasteiger charge is 2.31. The Morgan fingerprint density at radius 3 is 2.21 bits per heavy atom. The summed E-state index contributed by atoms with van der Waals surface area (Å²) in [4.78, 5) is 56.9. The number of rotatable bonds is 10. The summed E-state index contributed by atoms with van der Waals surface area (Å²) in [6.07, 6.45) is 4.91. The minimum absolute atomic E-state index is 0.00498. The van der Waals surface area contributed by atoms with E-state index in [1.54, 1.807) is 0 Å². The highest BCUT2D eigenvalue weighted by molar-refractivity contribution is 6.38. The Kier molecular flexibility index (Phi) is 10.8. The molecule has 1 aliphatic rings. The van der Waals surface area contributed by atoms with E-state index in [2.05, 4.69) is 4.98 Å². The monoisotopic (exact) mass is 578 g/mol. The predicted octanol–water partition coefficient (Wildman–Crippen LogP) is 4.56. The van der Waals surface area contributed by atoms with E-state index >= 15 is 0 Å². The van der Waals surface area contributed by atoms with E-state index < -0.39 is 23.8 Å². The molecule has 0 aliphatic heterocycles. The SMILES string of the molecule is COCCOC(=O)C1=C(C(=O)N(Cc2cncc(C(=O)OC)c2)c2cc(C(=O)OC)c(Cl)cc2Cl)CCCC1. The van der Waals surface area contributed by atoms with E-state index in [1.165, 1.54) is 56.8 Å². The van der Waals surface area contributed by atoms with Crippen LogP contribution in [0.1, 0.15) is 52.0 Å². The molecule has 0 saturated heterocycles. The standard InChI is InChI=1S/C27H28Cl2N2O8/c1-36-8-9-39-27(35)19-7-5-4-6-18(19)24(32)31(15-16-10-17(14-30-13-16)25(33)37-2)23-11-20(26(34)38-3)21(28)12-22(23)29/h10-14H,4-9,15H2,1-3H3. The van der Waals surface area contributed by atoms with Crippen LogP contribution in [0.3, 0.4) is 0 Å². The topological polar surface area (TPSA) is 121 Å². The second kappa shape index (κ2) is 14.1. The van der Waals surface area contributed by atoms with Gasteiger partial charge in [0.2, 0.25) is 0 Å². The molecule has 1 aromatic heterocycles. The number of carbonyl (C=O) groups excluding carboxylic acids is 4. The Balaban J connectivity index is 2.13. The van der Waals surface area contributed by atoms with E-state index in [0.717, 1.165) is 0 Å². The number of nitrogens with zero attached hydrogens (tertiary/aromatic N) is 2. The van der Waals surface area contributed by atoms with Gasteiger partial charge in [-0.05, 0) is 49.4 Å². The quantitative estimate of drug-likeness (QED) is 0.227. The number of esters is 3. The maximum Gasteiger partial charge on any atom is 0.339 e. The van der Waals surface area contributed by atoms with Crippen molar-refractivity contribution >= 4 is 52.7 Å². The Hall–Kier alpha value is -3.47. The molecule has 0 radical (unpaired) electrons. The van der Waals surface area contributed by atoms with Gasteiger partial charge in [0.25, 0.3) is 5.91 Å². The fourth-order valence-electron chi connectivity index (χ4n) is 4.10. The average Bonchev–Trinajstić information content (AvgIpc) is 2.95. The minimum Gasteiger partial charge on any atom is -0.465 e. The van der Waals surface area contributed by atoms with Crippen LogP contribution in [0.2, 0.25) is 10.0 Å². The second-order valence-corrected chi connectivity index (χ2v) is 9.35. The van der Waals surface area contributed by atoms with Gasteiger partial charge in [0.1, 0.15) is 6.61 Å². The summed E-state index contributed by atoms with van der Waals surface area (Å²) >= 11 is 12.8. The van der Waals surface area contributed by atoms with E-state index in [1.807, 2.05) is 0 Å². The van der Waals surface area contributed by atoms with Gasteiger partial charge in [0.15, 0.2) is 0 Å². The molecule has 0 N–H and O–H groups in total. The number of ether oxygens (including phenoxy) is 4. The third-order valence-corrected chi connectivity index (χ3v) is 6.64. The highest BCUT2D eigenvalue weighted by Crippen LogP contribution is 2.36. The number of hydrogen-bond donors (Lipinski definition) is 0. The van der Waals surface area contributed by atoms with Crippen LogP contribution in [-0.2, 0) is 35.1 Å². The molecule has 0 spiro atoms. The molecule has 0 atom stereocenters. The zero-order valence-electron chi connectivity index (χ0n) is 21.8. The van der Waals surface area contributed by atoms with E-state index in [0.29, 0.717) is 31.2 Å². The number of halogens is 2. The highest BCUT2D eigenvalue weighted by atomic mass is 35.5. The van der Waals surface area contributed by atoms with Crippen molar-refractivity contribution in [1.82, 2.24) is 4.98 Å². The summed E-state index contributed by atoms with van der Waals surface area (Å²) in [5, 5.41) is 0.121. The van der Waals surface area contributed by atoms with Crippen molar-refractivity contribution in [2.45, 2.75) is 32.2 Å². The first-order valence-corrected chi connectivity index (χ1v) is 12.8. The van der Waals surface area contributed by atoms with Gasteiger partial charge in [-0.3, -0.25) is 9.78 Å². The summed E-state index contributed by atoms with van der Waals surface area (Å²) in [6, 6.07) is 4.22. The smallest absolute Gasteiger partial charge is 0.339 e. The largest absolute Gasteiger partial charge is 0.465 e. The van der Waals surface area contributed by atoms with E-state index in [4.69, 9.17) is 42.1 Å². The molecule has 12 heteroatoms. The summed E-state index contributed by atoms with van der Waals surface area (Å²) in [5.41, 5.74) is 1.34. The zero-order chi connectivity index (χ0) is 28.5. The fourth-order valence-corrected chi connectivity index (χ4v) is 4.66. The van der Waals surface area contributed by atoms with Crippen LogP contribution in [0.25, 0.3) is 0 Å². The van der Waals surface area contributed by atoms with Crippen LogP contribution in [0, 0.1) is 0 Å². The van der Waals surface area contributed by atoms with Crippen LogP contribution in [0.5, 0.6) is 0 Å². The molecule has 0 saturated carbocycles. The second-order valence-electron chi connectivity index (χ2n) is 8.53. The van der Waals surface area contributed by atoms with Gasteiger partial charge >= 0.3 is 17.9 Å². The number of carbonyl (C=O) groups is 4. The zero-order valence-corrected chi connectivity index (χ0v) is 23.3. The van der Waals surface area contributed by atoms with Gasteiger partial charge in [-0.1, -0.05) is 23.2 Å². The number of methoxy groups -OCH3 is 3. The Labute approximate surface area is 235 Å². The molecule has 39 heavy (non-hydrogen) atoms. The molecule has 1 amide bonds. The third kappa shape index (κ3) is 7.35. The van der Waals surface area contributed by atoms with Crippen LogP contribution in [-0.4, -0.2) is 63.3 Å². The molecule has 10 nitrogen and oxygen atoms in total. The molecule has 1 aromatic carbocycles. The lowest BCUT2D eigenvalue weighted by Gasteiger charge is -2.28. The number of aromatic nitrogens is 1. The van der Waals surface area contributed by atoms with Crippen molar-refractivity contribution in [2.75, 3.05) is 39.4 Å². The lowest BCUT2D eigenvalue weighted by atomic mass is 9.90. The molecule has 1 heterocycles. The van der Waals surface area contributed by atoms with Crippen LogP contribution >= 0.6 is 23.2 Å². The lowest BCUT2D eigenvalue weighted by molar-refractivity contribution is -0.140. The van der Waals surface area contributed by atoms with Gasteiger partial charge in [0.05, 0.1) is 54.2 Å². The van der Waals surface area contributed by atoms with E-state index in [-0.39, 0.29) is 57.8 Å². The first-order valence-electron chi connectivity index (χ1n) is 12.0.